The molecule has 0 saturated heterocycles. The summed E-state index contributed by atoms with van der Waals surface area (Å²) < 4.78 is 24.6. The van der Waals surface area contributed by atoms with Crippen LogP contribution in [0, 0.1) is 12.7 Å². The number of benzene rings is 2. The fraction of sp³-hybridized carbons (Fsp3) is 0.250. The van der Waals surface area contributed by atoms with Crippen LogP contribution in [0.3, 0.4) is 0 Å². The maximum Gasteiger partial charge on any atom is 0.163 e. The van der Waals surface area contributed by atoms with Crippen LogP contribution in [0.4, 0.5) is 4.39 Å². The molecule has 0 saturated carbocycles. The summed E-state index contributed by atoms with van der Waals surface area (Å²) in [5, 5.41) is 0.589. The van der Waals surface area contributed by atoms with E-state index in [1.54, 1.807) is 6.07 Å². The average molecular weight is 374 g/mol. The van der Waals surface area contributed by atoms with Crippen LogP contribution in [0.2, 0.25) is 5.02 Å². The van der Waals surface area contributed by atoms with Gasteiger partial charge in [-0.15, -0.1) is 0 Å². The molecule has 21 heavy (non-hydrogen) atoms. The third-order valence-corrected chi connectivity index (χ3v) is 4.52. The molecule has 0 aliphatic rings. The van der Waals surface area contributed by atoms with Gasteiger partial charge in [0.15, 0.2) is 11.5 Å². The first-order chi connectivity index (χ1) is 9.97. The van der Waals surface area contributed by atoms with Crippen molar-refractivity contribution in [1.82, 2.24) is 0 Å². The fourth-order valence-electron chi connectivity index (χ4n) is 2.07. The summed E-state index contributed by atoms with van der Waals surface area (Å²) in [6, 6.07) is 8.60. The number of methoxy groups -OCH3 is 2. The molecule has 2 aromatic rings. The second-order valence-electron chi connectivity index (χ2n) is 4.62. The minimum Gasteiger partial charge on any atom is -0.493 e. The smallest absolute Gasteiger partial charge is 0.163 e. The zero-order valence-electron chi connectivity index (χ0n) is 11.9. The fourth-order valence-corrected chi connectivity index (χ4v) is 3.30. The normalized spacial score (nSPS) is 12.1. The number of ether oxygens (including phenoxy) is 2. The molecule has 0 amide bonds. The monoisotopic (exact) mass is 372 g/mol. The molecule has 2 aromatic carbocycles. The van der Waals surface area contributed by atoms with Crippen molar-refractivity contribution in [2.45, 2.75) is 11.8 Å². The van der Waals surface area contributed by atoms with E-state index in [9.17, 15) is 4.39 Å². The van der Waals surface area contributed by atoms with E-state index in [1.807, 2.05) is 25.1 Å². The maximum absolute atomic E-state index is 14.3. The highest BCUT2D eigenvalue weighted by Crippen LogP contribution is 2.40. The molecular formula is C16H15BrClFO2. The van der Waals surface area contributed by atoms with Gasteiger partial charge in [-0.1, -0.05) is 39.7 Å². The van der Waals surface area contributed by atoms with E-state index in [-0.39, 0.29) is 10.6 Å². The third-order valence-electron chi connectivity index (χ3n) is 3.20. The summed E-state index contributed by atoms with van der Waals surface area (Å²) in [5.41, 5.74) is 2.29. The van der Waals surface area contributed by atoms with Gasteiger partial charge in [0.25, 0.3) is 0 Å². The zero-order valence-corrected chi connectivity index (χ0v) is 14.3. The van der Waals surface area contributed by atoms with Crippen molar-refractivity contribution in [3.63, 3.8) is 0 Å². The van der Waals surface area contributed by atoms with Crippen LogP contribution in [0.1, 0.15) is 21.5 Å². The topological polar surface area (TPSA) is 18.5 Å². The van der Waals surface area contributed by atoms with Crippen LogP contribution < -0.4 is 9.47 Å². The van der Waals surface area contributed by atoms with E-state index in [2.05, 4.69) is 15.9 Å². The van der Waals surface area contributed by atoms with E-state index >= 15 is 0 Å². The SMILES string of the molecule is COc1cc(F)c(C(Br)c2ccc(C)cc2Cl)cc1OC. The Hall–Kier alpha value is -1.26. The first-order valence-electron chi connectivity index (χ1n) is 6.29. The number of halogens is 3. The van der Waals surface area contributed by atoms with Crippen molar-refractivity contribution >= 4 is 27.5 Å². The van der Waals surface area contributed by atoms with Gasteiger partial charge in [-0.25, -0.2) is 4.39 Å². The standard InChI is InChI=1S/C16H15BrClFO2/c1-9-4-5-10(12(18)6-9)16(17)11-7-14(20-2)15(21-3)8-13(11)19/h4-8,16H,1-3H3. The van der Waals surface area contributed by atoms with Gasteiger partial charge in [-0.2, -0.15) is 0 Å². The molecule has 1 atom stereocenters. The number of alkyl halides is 1. The number of rotatable bonds is 4. The molecule has 0 aromatic heterocycles. The summed E-state index contributed by atoms with van der Waals surface area (Å²) in [6.07, 6.45) is 0. The van der Waals surface area contributed by atoms with Crippen LogP contribution in [-0.2, 0) is 0 Å². The van der Waals surface area contributed by atoms with Crippen LogP contribution >= 0.6 is 27.5 Å². The van der Waals surface area contributed by atoms with Crippen molar-refractivity contribution < 1.29 is 13.9 Å². The number of hydrogen-bond acceptors (Lipinski definition) is 2. The van der Waals surface area contributed by atoms with E-state index in [0.717, 1.165) is 11.1 Å². The highest BCUT2D eigenvalue weighted by atomic mass is 79.9. The molecule has 0 fully saturated rings. The van der Waals surface area contributed by atoms with E-state index in [1.165, 1.54) is 20.3 Å². The van der Waals surface area contributed by atoms with Gasteiger partial charge < -0.3 is 9.47 Å². The predicted molar refractivity (Wildman–Crippen MR) is 86.5 cm³/mol. The van der Waals surface area contributed by atoms with Gasteiger partial charge in [-0.05, 0) is 30.2 Å². The van der Waals surface area contributed by atoms with Gasteiger partial charge in [0, 0.05) is 16.7 Å². The lowest BCUT2D eigenvalue weighted by Gasteiger charge is -2.16. The lowest BCUT2D eigenvalue weighted by atomic mass is 10.0. The largest absolute Gasteiger partial charge is 0.493 e. The molecule has 0 spiro atoms. The van der Waals surface area contributed by atoms with Gasteiger partial charge in [0.05, 0.1) is 19.0 Å². The molecule has 2 nitrogen and oxygen atoms in total. The summed E-state index contributed by atoms with van der Waals surface area (Å²) in [6.45, 7) is 1.95. The first kappa shape index (κ1) is 16.1. The Morgan fingerprint density at radius 1 is 1.05 bits per heavy atom. The van der Waals surface area contributed by atoms with Crippen molar-refractivity contribution in [2.24, 2.45) is 0 Å². The van der Waals surface area contributed by atoms with Crippen LogP contribution in [0.5, 0.6) is 11.5 Å². The molecule has 112 valence electrons. The first-order valence-corrected chi connectivity index (χ1v) is 7.58. The second kappa shape index (κ2) is 6.67. The van der Waals surface area contributed by atoms with Crippen molar-refractivity contribution in [1.29, 1.82) is 0 Å². The Morgan fingerprint density at radius 3 is 2.24 bits per heavy atom. The molecule has 0 bridgehead atoms. The lowest BCUT2D eigenvalue weighted by molar-refractivity contribution is 0.351. The molecule has 2 rings (SSSR count). The summed E-state index contributed by atoms with van der Waals surface area (Å²) in [7, 11) is 2.99. The molecule has 0 radical (unpaired) electrons. The van der Waals surface area contributed by atoms with E-state index in [4.69, 9.17) is 21.1 Å². The van der Waals surface area contributed by atoms with E-state index in [0.29, 0.717) is 22.1 Å². The molecular weight excluding hydrogens is 359 g/mol. The van der Waals surface area contributed by atoms with Crippen molar-refractivity contribution in [3.05, 3.63) is 57.9 Å². The van der Waals surface area contributed by atoms with Crippen molar-refractivity contribution in [3.8, 4) is 11.5 Å². The van der Waals surface area contributed by atoms with Gasteiger partial charge in [0.1, 0.15) is 5.82 Å². The molecule has 0 heterocycles. The Morgan fingerprint density at radius 2 is 1.67 bits per heavy atom. The molecule has 0 N–H and O–H groups in total. The Kier molecular flexibility index (Phi) is 5.12. The minimum atomic E-state index is -0.383. The highest BCUT2D eigenvalue weighted by Gasteiger charge is 2.20. The Labute approximate surface area is 137 Å². The van der Waals surface area contributed by atoms with Gasteiger partial charge in [0.2, 0.25) is 0 Å². The molecule has 5 heteroatoms. The zero-order chi connectivity index (χ0) is 15.6. The average Bonchev–Trinajstić information content (AvgIpc) is 2.46. The maximum atomic E-state index is 14.3. The van der Waals surface area contributed by atoms with Crippen molar-refractivity contribution in [2.75, 3.05) is 14.2 Å². The quantitative estimate of drug-likeness (QED) is 0.678. The number of aryl methyl sites for hydroxylation is 1. The summed E-state index contributed by atoms with van der Waals surface area (Å²) >= 11 is 9.76. The second-order valence-corrected chi connectivity index (χ2v) is 5.94. The summed E-state index contributed by atoms with van der Waals surface area (Å²) in [4.78, 5) is -0.370. The lowest BCUT2D eigenvalue weighted by Crippen LogP contribution is -2.01. The predicted octanol–water partition coefficient (Wildman–Crippen LogP) is 5.29. The van der Waals surface area contributed by atoms with Crippen LogP contribution in [0.25, 0.3) is 0 Å². The Balaban J connectivity index is 2.50. The minimum absolute atomic E-state index is 0.355. The molecule has 1 unspecified atom stereocenters. The van der Waals surface area contributed by atoms with E-state index < -0.39 is 0 Å². The van der Waals surface area contributed by atoms with Crippen LogP contribution in [0.15, 0.2) is 30.3 Å². The van der Waals surface area contributed by atoms with Gasteiger partial charge in [-0.3, -0.25) is 0 Å². The Bertz CT molecular complexity index is 661. The van der Waals surface area contributed by atoms with Gasteiger partial charge >= 0.3 is 0 Å². The third kappa shape index (κ3) is 3.33. The highest BCUT2D eigenvalue weighted by molar-refractivity contribution is 9.09. The summed E-state index contributed by atoms with van der Waals surface area (Å²) in [5.74, 6) is 0.446. The number of hydrogen-bond donors (Lipinski definition) is 0. The van der Waals surface area contributed by atoms with Crippen LogP contribution in [-0.4, -0.2) is 14.2 Å². The molecule has 0 aliphatic heterocycles. The molecule has 0 aliphatic carbocycles.